The third-order valence-electron chi connectivity index (χ3n) is 4.17. The average molecular weight is 308 g/mol. The molecule has 0 atom stereocenters. The molecular formula is C16H22ClN3O. The van der Waals surface area contributed by atoms with Crippen LogP contribution in [0, 0.1) is 0 Å². The number of methoxy groups -OCH3 is 1. The van der Waals surface area contributed by atoms with E-state index in [1.165, 1.54) is 23.9 Å². The van der Waals surface area contributed by atoms with Gasteiger partial charge in [-0.2, -0.15) is 0 Å². The molecule has 1 aromatic heterocycles. The number of piperazine rings is 1. The molecule has 0 radical (unpaired) electrons. The first-order chi connectivity index (χ1) is 10.3. The van der Waals surface area contributed by atoms with E-state index in [1.807, 2.05) is 12.1 Å². The van der Waals surface area contributed by atoms with Crippen LogP contribution < -0.4 is 10.1 Å². The molecule has 0 saturated carbocycles. The monoisotopic (exact) mass is 307 g/mol. The van der Waals surface area contributed by atoms with E-state index in [1.54, 1.807) is 7.11 Å². The standard InChI is InChI=1S/C16H22ClN3O/c1-21-16-9-13-12(11-19-15(13)10-14(16)17)3-2-6-20-7-4-18-5-8-20/h9-11,18-19H,2-8H2,1H3. The van der Waals surface area contributed by atoms with Crippen LogP contribution in [-0.2, 0) is 6.42 Å². The highest BCUT2D eigenvalue weighted by atomic mass is 35.5. The van der Waals surface area contributed by atoms with E-state index in [2.05, 4.69) is 21.4 Å². The maximum atomic E-state index is 6.16. The number of aromatic amines is 1. The van der Waals surface area contributed by atoms with Gasteiger partial charge in [-0.05, 0) is 37.1 Å². The Balaban J connectivity index is 1.66. The minimum atomic E-state index is 0.652. The van der Waals surface area contributed by atoms with E-state index >= 15 is 0 Å². The molecule has 1 aliphatic heterocycles. The molecular weight excluding hydrogens is 286 g/mol. The van der Waals surface area contributed by atoms with Gasteiger partial charge >= 0.3 is 0 Å². The van der Waals surface area contributed by atoms with Gasteiger partial charge < -0.3 is 19.9 Å². The first-order valence-electron chi connectivity index (χ1n) is 7.54. The molecule has 2 heterocycles. The van der Waals surface area contributed by atoms with Crippen LogP contribution in [0.1, 0.15) is 12.0 Å². The lowest BCUT2D eigenvalue weighted by Gasteiger charge is -2.26. The van der Waals surface area contributed by atoms with Crippen LogP contribution in [0.25, 0.3) is 10.9 Å². The summed E-state index contributed by atoms with van der Waals surface area (Å²) in [5, 5.41) is 5.26. The Morgan fingerprint density at radius 3 is 2.86 bits per heavy atom. The normalized spacial score (nSPS) is 16.5. The Bertz CT molecular complexity index is 605. The van der Waals surface area contributed by atoms with E-state index in [0.29, 0.717) is 5.02 Å². The number of aryl methyl sites for hydroxylation is 1. The first-order valence-corrected chi connectivity index (χ1v) is 7.92. The molecule has 1 aromatic carbocycles. The summed E-state index contributed by atoms with van der Waals surface area (Å²) < 4.78 is 5.32. The van der Waals surface area contributed by atoms with Crippen molar-refractivity contribution in [3.8, 4) is 5.75 Å². The van der Waals surface area contributed by atoms with Gasteiger partial charge in [0.05, 0.1) is 12.1 Å². The Morgan fingerprint density at radius 2 is 2.10 bits per heavy atom. The molecule has 0 unspecified atom stereocenters. The number of nitrogens with zero attached hydrogens (tertiary/aromatic N) is 1. The van der Waals surface area contributed by atoms with Crippen molar-refractivity contribution in [2.45, 2.75) is 12.8 Å². The summed E-state index contributed by atoms with van der Waals surface area (Å²) in [7, 11) is 1.66. The predicted octanol–water partition coefficient (Wildman–Crippen LogP) is 2.67. The topological polar surface area (TPSA) is 40.3 Å². The zero-order valence-electron chi connectivity index (χ0n) is 12.4. The maximum absolute atomic E-state index is 6.16. The van der Waals surface area contributed by atoms with E-state index in [0.717, 1.165) is 43.9 Å². The van der Waals surface area contributed by atoms with Crippen LogP contribution in [-0.4, -0.2) is 49.7 Å². The number of halogens is 1. The molecule has 0 amide bonds. The highest BCUT2D eigenvalue weighted by Gasteiger charge is 2.11. The van der Waals surface area contributed by atoms with Crippen LogP contribution in [0.2, 0.25) is 5.02 Å². The van der Waals surface area contributed by atoms with Crippen molar-refractivity contribution in [1.82, 2.24) is 15.2 Å². The Morgan fingerprint density at radius 1 is 1.29 bits per heavy atom. The summed E-state index contributed by atoms with van der Waals surface area (Å²) in [4.78, 5) is 5.84. The van der Waals surface area contributed by atoms with Crippen LogP contribution in [0.3, 0.4) is 0 Å². The van der Waals surface area contributed by atoms with E-state index in [4.69, 9.17) is 16.3 Å². The minimum absolute atomic E-state index is 0.652. The highest BCUT2D eigenvalue weighted by Crippen LogP contribution is 2.31. The van der Waals surface area contributed by atoms with Gasteiger partial charge in [0.15, 0.2) is 0 Å². The molecule has 0 aliphatic carbocycles. The fourth-order valence-electron chi connectivity index (χ4n) is 2.97. The molecule has 21 heavy (non-hydrogen) atoms. The second-order valence-electron chi connectivity index (χ2n) is 5.54. The number of hydrogen-bond donors (Lipinski definition) is 2. The molecule has 4 nitrogen and oxygen atoms in total. The summed E-state index contributed by atoms with van der Waals surface area (Å²) in [6, 6.07) is 3.98. The minimum Gasteiger partial charge on any atom is -0.495 e. The second-order valence-corrected chi connectivity index (χ2v) is 5.95. The quantitative estimate of drug-likeness (QED) is 0.892. The average Bonchev–Trinajstić information content (AvgIpc) is 2.89. The van der Waals surface area contributed by atoms with Crippen LogP contribution in [0.5, 0.6) is 5.75 Å². The number of benzene rings is 1. The van der Waals surface area contributed by atoms with E-state index in [9.17, 15) is 0 Å². The Hall–Kier alpha value is -1.23. The van der Waals surface area contributed by atoms with Gasteiger partial charge in [0.1, 0.15) is 5.75 Å². The van der Waals surface area contributed by atoms with Crippen molar-refractivity contribution >= 4 is 22.5 Å². The molecule has 1 aliphatic rings. The Kier molecular flexibility index (Phi) is 4.68. The fraction of sp³-hybridized carbons (Fsp3) is 0.500. The van der Waals surface area contributed by atoms with Gasteiger partial charge in [-0.1, -0.05) is 11.6 Å². The van der Waals surface area contributed by atoms with Gasteiger partial charge in [-0.25, -0.2) is 0 Å². The lowest BCUT2D eigenvalue weighted by atomic mass is 10.1. The summed E-state index contributed by atoms with van der Waals surface area (Å²) in [6.45, 7) is 5.72. The largest absolute Gasteiger partial charge is 0.495 e. The molecule has 5 heteroatoms. The molecule has 0 bridgehead atoms. The number of ether oxygens (including phenoxy) is 1. The van der Waals surface area contributed by atoms with Crippen molar-refractivity contribution in [3.05, 3.63) is 28.9 Å². The lowest BCUT2D eigenvalue weighted by molar-refractivity contribution is 0.238. The molecule has 1 fully saturated rings. The predicted molar refractivity (Wildman–Crippen MR) is 87.5 cm³/mol. The smallest absolute Gasteiger partial charge is 0.138 e. The first kappa shape index (κ1) is 14.7. The van der Waals surface area contributed by atoms with Crippen molar-refractivity contribution in [2.75, 3.05) is 39.8 Å². The Labute approximate surface area is 130 Å². The van der Waals surface area contributed by atoms with E-state index < -0.39 is 0 Å². The van der Waals surface area contributed by atoms with Gasteiger partial charge in [-0.15, -0.1) is 0 Å². The van der Waals surface area contributed by atoms with E-state index in [-0.39, 0.29) is 0 Å². The molecule has 2 N–H and O–H groups in total. The van der Waals surface area contributed by atoms with Gasteiger partial charge in [0.2, 0.25) is 0 Å². The number of H-pyrrole nitrogens is 1. The van der Waals surface area contributed by atoms with Gasteiger partial charge in [0.25, 0.3) is 0 Å². The zero-order valence-corrected chi connectivity index (χ0v) is 13.2. The second kappa shape index (κ2) is 6.69. The molecule has 114 valence electrons. The number of fused-ring (bicyclic) bond motifs is 1. The van der Waals surface area contributed by atoms with Crippen molar-refractivity contribution in [1.29, 1.82) is 0 Å². The van der Waals surface area contributed by atoms with Crippen molar-refractivity contribution in [2.24, 2.45) is 0 Å². The summed E-state index contributed by atoms with van der Waals surface area (Å²) in [5.41, 5.74) is 2.42. The number of aromatic nitrogens is 1. The zero-order chi connectivity index (χ0) is 14.7. The number of rotatable bonds is 5. The summed E-state index contributed by atoms with van der Waals surface area (Å²) in [5.74, 6) is 0.743. The SMILES string of the molecule is COc1cc2c(CCCN3CCNCC3)c[nH]c2cc1Cl. The number of hydrogen-bond acceptors (Lipinski definition) is 3. The molecule has 3 rings (SSSR count). The molecule has 0 spiro atoms. The highest BCUT2D eigenvalue weighted by molar-refractivity contribution is 6.32. The van der Waals surface area contributed by atoms with Crippen molar-refractivity contribution < 1.29 is 4.74 Å². The fourth-order valence-corrected chi connectivity index (χ4v) is 3.21. The lowest BCUT2D eigenvalue weighted by Crippen LogP contribution is -2.43. The van der Waals surface area contributed by atoms with Gasteiger partial charge in [-0.3, -0.25) is 0 Å². The molecule has 1 saturated heterocycles. The van der Waals surface area contributed by atoms with Crippen LogP contribution >= 0.6 is 11.6 Å². The maximum Gasteiger partial charge on any atom is 0.138 e. The summed E-state index contributed by atoms with van der Waals surface area (Å²) in [6.07, 6.45) is 4.35. The third kappa shape index (κ3) is 3.34. The third-order valence-corrected chi connectivity index (χ3v) is 4.47. The summed E-state index contributed by atoms with van der Waals surface area (Å²) >= 11 is 6.16. The van der Waals surface area contributed by atoms with Gasteiger partial charge in [0, 0.05) is 43.3 Å². The van der Waals surface area contributed by atoms with Crippen molar-refractivity contribution in [3.63, 3.8) is 0 Å². The van der Waals surface area contributed by atoms with Crippen LogP contribution in [0.15, 0.2) is 18.3 Å². The number of nitrogens with one attached hydrogen (secondary N) is 2. The van der Waals surface area contributed by atoms with Crippen LogP contribution in [0.4, 0.5) is 0 Å². The molecule has 2 aromatic rings.